The van der Waals surface area contributed by atoms with E-state index in [1.54, 1.807) is 0 Å². The molecule has 1 heterocycles. The fourth-order valence-electron chi connectivity index (χ4n) is 2.48. The molecule has 1 aromatic carbocycles. The smallest absolute Gasteiger partial charge is 0.251 e. The third-order valence-corrected chi connectivity index (χ3v) is 3.70. The molecular formula is C14H18F2N2O. The van der Waals surface area contributed by atoms with E-state index in [2.05, 4.69) is 17.6 Å². The molecule has 0 bridgehead atoms. The molecule has 0 aliphatic carbocycles. The van der Waals surface area contributed by atoms with Gasteiger partial charge in [-0.25, -0.2) is 8.78 Å². The minimum atomic E-state index is -1.00. The van der Waals surface area contributed by atoms with Crippen molar-refractivity contribution in [3.05, 3.63) is 35.4 Å². The van der Waals surface area contributed by atoms with E-state index in [1.165, 1.54) is 6.07 Å². The molecule has 1 aliphatic rings. The normalized spacial score (nSPS) is 27.1. The minimum absolute atomic E-state index is 0.00522. The Morgan fingerprint density at radius 2 is 2.05 bits per heavy atom. The van der Waals surface area contributed by atoms with Gasteiger partial charge in [0.05, 0.1) is 0 Å². The number of amides is 1. The highest BCUT2D eigenvalue weighted by Crippen LogP contribution is 2.17. The van der Waals surface area contributed by atoms with Gasteiger partial charge in [0, 0.05) is 17.6 Å². The van der Waals surface area contributed by atoms with E-state index in [4.69, 9.17) is 0 Å². The highest BCUT2D eigenvalue weighted by molar-refractivity contribution is 5.94. The van der Waals surface area contributed by atoms with Crippen molar-refractivity contribution >= 4 is 5.91 Å². The summed E-state index contributed by atoms with van der Waals surface area (Å²) in [7, 11) is 0. The number of rotatable bonds is 2. The first-order chi connectivity index (χ1) is 8.99. The van der Waals surface area contributed by atoms with Gasteiger partial charge in [-0.05, 0) is 44.0 Å². The number of nitrogens with one attached hydrogen (secondary N) is 2. The molecule has 2 rings (SSSR count). The van der Waals surface area contributed by atoms with Crippen LogP contribution in [0, 0.1) is 17.6 Å². The molecule has 2 N–H and O–H groups in total. The van der Waals surface area contributed by atoms with Gasteiger partial charge in [0.2, 0.25) is 0 Å². The Morgan fingerprint density at radius 1 is 1.32 bits per heavy atom. The summed E-state index contributed by atoms with van der Waals surface area (Å²) in [5, 5.41) is 6.18. The van der Waals surface area contributed by atoms with Crippen molar-refractivity contribution in [1.29, 1.82) is 0 Å². The Morgan fingerprint density at radius 3 is 2.68 bits per heavy atom. The monoisotopic (exact) mass is 268 g/mol. The number of hydrogen-bond acceptors (Lipinski definition) is 2. The van der Waals surface area contributed by atoms with Crippen LogP contribution in [0.4, 0.5) is 8.78 Å². The van der Waals surface area contributed by atoms with Gasteiger partial charge in [0.15, 0.2) is 11.6 Å². The Hall–Kier alpha value is -1.49. The number of piperidine rings is 1. The lowest BCUT2D eigenvalue weighted by Crippen LogP contribution is -2.55. The first-order valence-electron chi connectivity index (χ1n) is 6.48. The first kappa shape index (κ1) is 13.9. The largest absolute Gasteiger partial charge is 0.347 e. The zero-order valence-corrected chi connectivity index (χ0v) is 11.0. The predicted molar refractivity (Wildman–Crippen MR) is 68.9 cm³/mol. The summed E-state index contributed by atoms with van der Waals surface area (Å²) >= 11 is 0. The summed E-state index contributed by atoms with van der Waals surface area (Å²) in [5.41, 5.74) is 0.142. The van der Waals surface area contributed by atoms with Crippen molar-refractivity contribution in [2.45, 2.75) is 32.4 Å². The molecule has 5 heteroatoms. The SMILES string of the molecule is CC1CCNC(C)C1NC(=O)c1ccc(F)c(F)c1. The number of halogens is 2. The molecule has 0 saturated carbocycles. The second kappa shape index (κ2) is 5.65. The van der Waals surface area contributed by atoms with Gasteiger partial charge in [-0.3, -0.25) is 4.79 Å². The Bertz CT molecular complexity index is 469. The van der Waals surface area contributed by atoms with Crippen LogP contribution in [0.3, 0.4) is 0 Å². The maximum atomic E-state index is 13.1. The summed E-state index contributed by atoms with van der Waals surface area (Å²) in [4.78, 5) is 12.0. The molecule has 19 heavy (non-hydrogen) atoms. The van der Waals surface area contributed by atoms with Crippen LogP contribution in [0.15, 0.2) is 18.2 Å². The lowest BCUT2D eigenvalue weighted by molar-refractivity contribution is 0.0897. The molecule has 104 valence electrons. The van der Waals surface area contributed by atoms with Crippen molar-refractivity contribution in [2.75, 3.05) is 6.54 Å². The Kier molecular flexibility index (Phi) is 4.14. The maximum absolute atomic E-state index is 13.1. The maximum Gasteiger partial charge on any atom is 0.251 e. The molecule has 3 nitrogen and oxygen atoms in total. The van der Waals surface area contributed by atoms with Crippen molar-refractivity contribution in [1.82, 2.24) is 10.6 Å². The van der Waals surface area contributed by atoms with Crippen molar-refractivity contribution in [3.8, 4) is 0 Å². The van der Waals surface area contributed by atoms with E-state index in [1.807, 2.05) is 6.92 Å². The fraction of sp³-hybridized carbons (Fsp3) is 0.500. The van der Waals surface area contributed by atoms with Gasteiger partial charge in [-0.15, -0.1) is 0 Å². The van der Waals surface area contributed by atoms with Crippen LogP contribution >= 0.6 is 0 Å². The van der Waals surface area contributed by atoms with Crippen LogP contribution in [-0.2, 0) is 0 Å². The second-order valence-corrected chi connectivity index (χ2v) is 5.14. The Balaban J connectivity index is 2.09. The number of benzene rings is 1. The van der Waals surface area contributed by atoms with Crippen molar-refractivity contribution in [3.63, 3.8) is 0 Å². The predicted octanol–water partition coefficient (Wildman–Crippen LogP) is 2.08. The topological polar surface area (TPSA) is 41.1 Å². The highest BCUT2D eigenvalue weighted by Gasteiger charge is 2.29. The average Bonchev–Trinajstić information content (AvgIpc) is 2.37. The summed E-state index contributed by atoms with van der Waals surface area (Å²) in [6.07, 6.45) is 0.979. The van der Waals surface area contributed by atoms with Crippen molar-refractivity contribution < 1.29 is 13.6 Å². The van der Waals surface area contributed by atoms with Crippen LogP contribution in [-0.4, -0.2) is 24.5 Å². The molecule has 0 aromatic heterocycles. The standard InChI is InChI=1S/C14H18F2N2O/c1-8-5-6-17-9(2)13(8)18-14(19)10-3-4-11(15)12(16)7-10/h3-4,7-9,13,17H,5-6H2,1-2H3,(H,18,19). The molecule has 0 spiro atoms. The van der Waals surface area contributed by atoms with Crippen LogP contribution < -0.4 is 10.6 Å². The molecule has 1 fully saturated rings. The number of hydrogen-bond donors (Lipinski definition) is 2. The lowest BCUT2D eigenvalue weighted by Gasteiger charge is -2.36. The summed E-state index contributed by atoms with van der Waals surface area (Å²) < 4.78 is 25.9. The van der Waals surface area contributed by atoms with Crippen LogP contribution in [0.5, 0.6) is 0 Å². The Labute approximate surface area is 111 Å². The second-order valence-electron chi connectivity index (χ2n) is 5.14. The molecule has 3 unspecified atom stereocenters. The average molecular weight is 268 g/mol. The minimum Gasteiger partial charge on any atom is -0.347 e. The lowest BCUT2D eigenvalue weighted by atomic mass is 9.89. The third-order valence-electron chi connectivity index (χ3n) is 3.70. The molecule has 1 saturated heterocycles. The summed E-state index contributed by atoms with van der Waals surface area (Å²) in [6.45, 7) is 5.01. The molecular weight excluding hydrogens is 250 g/mol. The molecule has 3 atom stereocenters. The van der Waals surface area contributed by atoms with E-state index in [9.17, 15) is 13.6 Å². The van der Waals surface area contributed by atoms with Crippen molar-refractivity contribution in [2.24, 2.45) is 5.92 Å². The summed E-state index contributed by atoms with van der Waals surface area (Å²) in [5.74, 6) is -1.97. The fourth-order valence-corrected chi connectivity index (χ4v) is 2.48. The van der Waals surface area contributed by atoms with E-state index in [0.717, 1.165) is 25.1 Å². The van der Waals surface area contributed by atoms with Crippen LogP contribution in [0.1, 0.15) is 30.6 Å². The van der Waals surface area contributed by atoms with Crippen LogP contribution in [0.25, 0.3) is 0 Å². The zero-order chi connectivity index (χ0) is 14.0. The highest BCUT2D eigenvalue weighted by atomic mass is 19.2. The molecule has 1 amide bonds. The van der Waals surface area contributed by atoms with Gasteiger partial charge >= 0.3 is 0 Å². The van der Waals surface area contributed by atoms with Gasteiger partial charge in [0.1, 0.15) is 0 Å². The quantitative estimate of drug-likeness (QED) is 0.862. The number of carbonyl (C=O) groups excluding carboxylic acids is 1. The molecule has 0 radical (unpaired) electrons. The van der Waals surface area contributed by atoms with Gasteiger partial charge in [-0.2, -0.15) is 0 Å². The van der Waals surface area contributed by atoms with Gasteiger partial charge in [0.25, 0.3) is 5.91 Å². The van der Waals surface area contributed by atoms with Gasteiger partial charge in [-0.1, -0.05) is 6.92 Å². The molecule has 1 aliphatic heterocycles. The van der Waals surface area contributed by atoms with E-state index in [-0.39, 0.29) is 23.6 Å². The first-order valence-corrected chi connectivity index (χ1v) is 6.48. The van der Waals surface area contributed by atoms with Gasteiger partial charge < -0.3 is 10.6 Å². The van der Waals surface area contributed by atoms with E-state index in [0.29, 0.717) is 5.92 Å². The number of carbonyl (C=O) groups is 1. The summed E-state index contributed by atoms with van der Waals surface area (Å²) in [6, 6.07) is 3.35. The van der Waals surface area contributed by atoms with E-state index < -0.39 is 11.6 Å². The van der Waals surface area contributed by atoms with Crippen LogP contribution in [0.2, 0.25) is 0 Å². The third kappa shape index (κ3) is 3.10. The van der Waals surface area contributed by atoms with E-state index >= 15 is 0 Å². The molecule has 1 aromatic rings. The zero-order valence-electron chi connectivity index (χ0n) is 11.0.